The Hall–Kier alpha value is -2.97. The SMILES string of the molecule is O=C(c1cc2nc(C3CC3)cc(C(F)(F)F)n2n1)N1CCC[C@H]1c1cccc(F)c1. The van der Waals surface area contributed by atoms with Crippen LogP contribution in [0.15, 0.2) is 36.4 Å². The monoisotopic (exact) mass is 418 g/mol. The van der Waals surface area contributed by atoms with Gasteiger partial charge in [-0.3, -0.25) is 4.79 Å². The molecule has 5 rings (SSSR count). The molecule has 1 amide bonds. The van der Waals surface area contributed by atoms with E-state index in [0.29, 0.717) is 28.7 Å². The van der Waals surface area contributed by atoms with Crippen LogP contribution >= 0.6 is 0 Å². The summed E-state index contributed by atoms with van der Waals surface area (Å²) >= 11 is 0. The third-order valence-corrected chi connectivity index (χ3v) is 5.70. The zero-order chi connectivity index (χ0) is 21.0. The van der Waals surface area contributed by atoms with Crippen molar-refractivity contribution < 1.29 is 22.4 Å². The van der Waals surface area contributed by atoms with Gasteiger partial charge in [-0.05, 0) is 49.4 Å². The summed E-state index contributed by atoms with van der Waals surface area (Å²) < 4.78 is 55.1. The third-order valence-electron chi connectivity index (χ3n) is 5.70. The molecule has 1 aliphatic carbocycles. The Morgan fingerprint density at radius 1 is 1.10 bits per heavy atom. The second-order valence-corrected chi connectivity index (χ2v) is 7.85. The molecule has 9 heteroatoms. The van der Waals surface area contributed by atoms with Gasteiger partial charge < -0.3 is 4.90 Å². The average molecular weight is 418 g/mol. The number of carbonyl (C=O) groups is 1. The first-order valence-corrected chi connectivity index (χ1v) is 9.85. The number of benzene rings is 1. The second-order valence-electron chi connectivity index (χ2n) is 7.85. The predicted molar refractivity (Wildman–Crippen MR) is 99.4 cm³/mol. The molecule has 1 aromatic carbocycles. The Bertz CT molecular complexity index is 1140. The molecule has 1 atom stereocenters. The maximum atomic E-state index is 13.6. The number of amides is 1. The average Bonchev–Trinajstić information content (AvgIpc) is 3.27. The molecule has 0 N–H and O–H groups in total. The summed E-state index contributed by atoms with van der Waals surface area (Å²) in [5.74, 6) is -0.847. The number of fused-ring (bicyclic) bond motifs is 1. The summed E-state index contributed by atoms with van der Waals surface area (Å²) in [5, 5.41) is 3.96. The van der Waals surface area contributed by atoms with Gasteiger partial charge in [0.15, 0.2) is 11.3 Å². The highest BCUT2D eigenvalue weighted by Gasteiger charge is 2.38. The quantitative estimate of drug-likeness (QED) is 0.578. The second kappa shape index (κ2) is 6.78. The summed E-state index contributed by atoms with van der Waals surface area (Å²) in [7, 11) is 0. The zero-order valence-electron chi connectivity index (χ0n) is 15.9. The maximum absolute atomic E-state index is 13.6. The van der Waals surface area contributed by atoms with Gasteiger partial charge >= 0.3 is 6.18 Å². The van der Waals surface area contributed by atoms with Crippen LogP contribution in [0.1, 0.15) is 65.1 Å². The molecule has 3 aromatic rings. The third kappa shape index (κ3) is 3.32. The van der Waals surface area contributed by atoms with E-state index >= 15 is 0 Å². The lowest BCUT2D eigenvalue weighted by Crippen LogP contribution is -2.31. The first-order valence-electron chi connectivity index (χ1n) is 9.85. The van der Waals surface area contributed by atoms with Crippen LogP contribution in [0.3, 0.4) is 0 Å². The molecule has 2 fully saturated rings. The number of carbonyl (C=O) groups excluding carboxylic acids is 1. The van der Waals surface area contributed by atoms with Crippen LogP contribution in [-0.2, 0) is 6.18 Å². The van der Waals surface area contributed by atoms with Gasteiger partial charge in [0, 0.05) is 24.2 Å². The van der Waals surface area contributed by atoms with Crippen molar-refractivity contribution in [2.24, 2.45) is 0 Å². The lowest BCUT2D eigenvalue weighted by atomic mass is 10.0. The fourth-order valence-corrected chi connectivity index (χ4v) is 4.11. The molecule has 1 aliphatic heterocycles. The number of halogens is 4. The lowest BCUT2D eigenvalue weighted by Gasteiger charge is -2.24. The van der Waals surface area contributed by atoms with Crippen LogP contribution in [0, 0.1) is 5.82 Å². The largest absolute Gasteiger partial charge is 0.433 e. The van der Waals surface area contributed by atoms with E-state index in [9.17, 15) is 22.4 Å². The van der Waals surface area contributed by atoms with E-state index in [-0.39, 0.29) is 23.3 Å². The van der Waals surface area contributed by atoms with E-state index in [1.165, 1.54) is 18.2 Å². The topological polar surface area (TPSA) is 50.5 Å². The maximum Gasteiger partial charge on any atom is 0.433 e. The highest BCUT2D eigenvalue weighted by atomic mass is 19.4. The van der Waals surface area contributed by atoms with Crippen LogP contribution in [-0.4, -0.2) is 31.9 Å². The Kier molecular flexibility index (Phi) is 4.30. The minimum Gasteiger partial charge on any atom is -0.330 e. The van der Waals surface area contributed by atoms with Gasteiger partial charge in [0.1, 0.15) is 11.5 Å². The number of alkyl halides is 3. The van der Waals surface area contributed by atoms with E-state index < -0.39 is 23.6 Å². The molecule has 0 spiro atoms. The molecule has 2 aromatic heterocycles. The molecule has 0 bridgehead atoms. The van der Waals surface area contributed by atoms with Gasteiger partial charge in [-0.25, -0.2) is 13.9 Å². The van der Waals surface area contributed by atoms with Crippen molar-refractivity contribution in [1.29, 1.82) is 0 Å². The smallest absolute Gasteiger partial charge is 0.330 e. The van der Waals surface area contributed by atoms with Crippen molar-refractivity contribution in [2.45, 2.75) is 43.8 Å². The zero-order valence-corrected chi connectivity index (χ0v) is 15.9. The first-order chi connectivity index (χ1) is 14.3. The van der Waals surface area contributed by atoms with Crippen molar-refractivity contribution in [3.63, 3.8) is 0 Å². The Morgan fingerprint density at radius 2 is 1.90 bits per heavy atom. The molecule has 2 aliphatic rings. The molecule has 1 saturated carbocycles. The van der Waals surface area contributed by atoms with Crippen molar-refractivity contribution in [3.05, 3.63) is 64.9 Å². The molecule has 0 unspecified atom stereocenters. The standard InChI is InChI=1S/C21H18F4N4O/c22-14-4-1-3-13(9-14)17-5-2-8-28(17)20(30)16-11-19-26-15(12-6-7-12)10-18(21(23,24)25)29(19)27-16/h1,3-4,9-12,17H,2,5-8H2/t17-/m0/s1. The van der Waals surface area contributed by atoms with Crippen molar-refractivity contribution in [3.8, 4) is 0 Å². The highest BCUT2D eigenvalue weighted by molar-refractivity contribution is 5.93. The Balaban J connectivity index is 1.53. The van der Waals surface area contributed by atoms with Crippen LogP contribution in [0.25, 0.3) is 5.65 Å². The van der Waals surface area contributed by atoms with E-state index in [1.807, 2.05) is 0 Å². The molecule has 30 heavy (non-hydrogen) atoms. The van der Waals surface area contributed by atoms with E-state index in [4.69, 9.17) is 0 Å². The summed E-state index contributed by atoms with van der Waals surface area (Å²) in [5.41, 5.74) is 0.0275. The normalized spacial score (nSPS) is 19.6. The number of nitrogens with zero attached hydrogens (tertiary/aromatic N) is 4. The van der Waals surface area contributed by atoms with E-state index in [0.717, 1.165) is 25.3 Å². The molecule has 3 heterocycles. The van der Waals surface area contributed by atoms with Gasteiger partial charge in [-0.15, -0.1) is 0 Å². The number of likely N-dealkylation sites (tertiary alicyclic amines) is 1. The van der Waals surface area contributed by atoms with E-state index in [2.05, 4.69) is 10.1 Å². The summed E-state index contributed by atoms with van der Waals surface area (Å²) in [6.07, 6.45) is -1.62. The number of rotatable bonds is 3. The first kappa shape index (κ1) is 19.0. The fraction of sp³-hybridized carbons (Fsp3) is 0.381. The van der Waals surface area contributed by atoms with Crippen LogP contribution < -0.4 is 0 Å². The molecular formula is C21H18F4N4O. The van der Waals surface area contributed by atoms with Crippen LogP contribution in [0.2, 0.25) is 0 Å². The molecule has 1 saturated heterocycles. The van der Waals surface area contributed by atoms with Gasteiger partial charge in [-0.2, -0.15) is 18.3 Å². The Labute approximate surface area is 169 Å². The summed E-state index contributed by atoms with van der Waals surface area (Å²) in [4.78, 5) is 19.0. The minimum atomic E-state index is -4.62. The van der Waals surface area contributed by atoms with Crippen LogP contribution in [0.4, 0.5) is 17.6 Å². The molecular weight excluding hydrogens is 400 g/mol. The highest BCUT2D eigenvalue weighted by Crippen LogP contribution is 2.41. The van der Waals surface area contributed by atoms with Crippen LogP contribution in [0.5, 0.6) is 0 Å². The number of aromatic nitrogens is 3. The van der Waals surface area contributed by atoms with Crippen molar-refractivity contribution in [2.75, 3.05) is 6.54 Å². The number of hydrogen-bond donors (Lipinski definition) is 0. The lowest BCUT2D eigenvalue weighted by molar-refractivity contribution is -0.142. The van der Waals surface area contributed by atoms with Crippen molar-refractivity contribution >= 4 is 11.6 Å². The summed E-state index contributed by atoms with van der Waals surface area (Å²) in [6.45, 7) is 0.431. The predicted octanol–water partition coefficient (Wildman–Crippen LogP) is 4.74. The summed E-state index contributed by atoms with van der Waals surface area (Å²) in [6, 6.07) is 8.03. The molecule has 0 radical (unpaired) electrons. The van der Waals surface area contributed by atoms with Gasteiger partial charge in [0.05, 0.1) is 6.04 Å². The van der Waals surface area contributed by atoms with E-state index in [1.54, 1.807) is 17.0 Å². The molecule has 5 nitrogen and oxygen atoms in total. The number of hydrogen-bond acceptors (Lipinski definition) is 3. The minimum absolute atomic E-state index is 0.0107. The fourth-order valence-electron chi connectivity index (χ4n) is 4.11. The van der Waals surface area contributed by atoms with Gasteiger partial charge in [0.25, 0.3) is 5.91 Å². The van der Waals surface area contributed by atoms with Crippen molar-refractivity contribution in [1.82, 2.24) is 19.5 Å². The Morgan fingerprint density at radius 3 is 2.60 bits per heavy atom. The van der Waals surface area contributed by atoms with Gasteiger partial charge in [-0.1, -0.05) is 12.1 Å². The van der Waals surface area contributed by atoms with Gasteiger partial charge in [0.2, 0.25) is 0 Å². The molecule has 156 valence electrons.